The highest BCUT2D eigenvalue weighted by molar-refractivity contribution is 5.30. The van der Waals surface area contributed by atoms with Gasteiger partial charge in [-0.1, -0.05) is 51.5 Å². The maximum absolute atomic E-state index is 14.0. The summed E-state index contributed by atoms with van der Waals surface area (Å²) in [6.07, 6.45) is 8.17. The van der Waals surface area contributed by atoms with E-state index in [-0.39, 0.29) is 11.9 Å². The highest BCUT2D eigenvalue weighted by atomic mass is 19.1. The molecule has 1 aromatic carbocycles. The third-order valence-corrected chi connectivity index (χ3v) is 3.63. The van der Waals surface area contributed by atoms with Crippen LogP contribution in [-0.4, -0.2) is 7.11 Å². The van der Waals surface area contributed by atoms with Gasteiger partial charge in [-0.05, 0) is 12.5 Å². The fourth-order valence-electron chi connectivity index (χ4n) is 2.37. The highest BCUT2D eigenvalue weighted by Crippen LogP contribution is 2.25. The number of methoxy groups -OCH3 is 1. The van der Waals surface area contributed by atoms with E-state index in [0.717, 1.165) is 12.8 Å². The number of hydrogen-bond donors (Lipinski definition) is 2. The van der Waals surface area contributed by atoms with Crippen molar-refractivity contribution in [2.24, 2.45) is 5.84 Å². The quantitative estimate of drug-likeness (QED) is 0.386. The first kappa shape index (κ1) is 16.9. The lowest BCUT2D eigenvalue weighted by molar-refractivity contribution is 0.407. The summed E-state index contributed by atoms with van der Waals surface area (Å²) < 4.78 is 19.0. The number of rotatable bonds is 10. The molecule has 1 aromatic rings. The first-order chi connectivity index (χ1) is 9.72. The van der Waals surface area contributed by atoms with Crippen molar-refractivity contribution in [1.29, 1.82) is 0 Å². The van der Waals surface area contributed by atoms with Crippen LogP contribution in [0, 0.1) is 5.82 Å². The van der Waals surface area contributed by atoms with E-state index in [1.807, 2.05) is 0 Å². The van der Waals surface area contributed by atoms with Crippen LogP contribution in [0.5, 0.6) is 5.75 Å². The fraction of sp³-hybridized carbons (Fsp3) is 0.625. The van der Waals surface area contributed by atoms with Crippen LogP contribution in [0.25, 0.3) is 0 Å². The van der Waals surface area contributed by atoms with Crippen molar-refractivity contribution in [3.8, 4) is 5.75 Å². The van der Waals surface area contributed by atoms with Gasteiger partial charge in [0.15, 0.2) is 0 Å². The molecule has 20 heavy (non-hydrogen) atoms. The molecule has 0 bridgehead atoms. The maximum Gasteiger partial charge on any atom is 0.131 e. The van der Waals surface area contributed by atoms with Gasteiger partial charge in [-0.25, -0.2) is 4.39 Å². The molecule has 0 aromatic heterocycles. The van der Waals surface area contributed by atoms with Gasteiger partial charge in [0.2, 0.25) is 0 Å². The van der Waals surface area contributed by atoms with Gasteiger partial charge in [-0.2, -0.15) is 0 Å². The first-order valence-corrected chi connectivity index (χ1v) is 7.52. The molecular weight excluding hydrogens is 255 g/mol. The van der Waals surface area contributed by atoms with E-state index in [2.05, 4.69) is 12.3 Å². The molecule has 114 valence electrons. The topological polar surface area (TPSA) is 47.3 Å². The minimum absolute atomic E-state index is 0.132. The lowest BCUT2D eigenvalue weighted by Gasteiger charge is -2.17. The molecule has 0 aliphatic carbocycles. The van der Waals surface area contributed by atoms with E-state index in [0.29, 0.717) is 11.3 Å². The largest absolute Gasteiger partial charge is 0.497 e. The summed E-state index contributed by atoms with van der Waals surface area (Å²) in [5.74, 6) is 5.82. The summed E-state index contributed by atoms with van der Waals surface area (Å²) >= 11 is 0. The minimum atomic E-state index is -0.265. The zero-order chi connectivity index (χ0) is 14.8. The Morgan fingerprint density at radius 3 is 2.50 bits per heavy atom. The van der Waals surface area contributed by atoms with Crippen LogP contribution in [0.15, 0.2) is 18.2 Å². The Morgan fingerprint density at radius 1 is 1.20 bits per heavy atom. The van der Waals surface area contributed by atoms with Crippen molar-refractivity contribution in [3.05, 3.63) is 29.6 Å². The summed E-state index contributed by atoms with van der Waals surface area (Å²) in [6, 6.07) is 4.79. The Labute approximate surface area is 121 Å². The molecule has 0 aliphatic rings. The Bertz CT molecular complexity index is 385. The second-order valence-corrected chi connectivity index (χ2v) is 5.16. The van der Waals surface area contributed by atoms with E-state index < -0.39 is 0 Å². The van der Waals surface area contributed by atoms with Gasteiger partial charge in [0.25, 0.3) is 0 Å². The number of nitrogens with one attached hydrogen (secondary N) is 1. The number of hydrogen-bond acceptors (Lipinski definition) is 3. The molecule has 3 N–H and O–H groups in total. The fourth-order valence-corrected chi connectivity index (χ4v) is 2.37. The van der Waals surface area contributed by atoms with Crippen LogP contribution < -0.4 is 16.0 Å². The molecule has 0 aliphatic heterocycles. The van der Waals surface area contributed by atoms with Crippen LogP contribution in [0.1, 0.15) is 63.5 Å². The van der Waals surface area contributed by atoms with Crippen LogP contribution in [0.4, 0.5) is 4.39 Å². The summed E-state index contributed by atoms with van der Waals surface area (Å²) in [6.45, 7) is 2.21. The van der Waals surface area contributed by atoms with Crippen molar-refractivity contribution in [2.75, 3.05) is 7.11 Å². The molecule has 4 heteroatoms. The molecule has 0 fully saturated rings. The van der Waals surface area contributed by atoms with Crippen molar-refractivity contribution in [3.63, 3.8) is 0 Å². The molecule has 1 rings (SSSR count). The van der Waals surface area contributed by atoms with E-state index >= 15 is 0 Å². The Balaban J connectivity index is 2.45. The van der Waals surface area contributed by atoms with E-state index in [4.69, 9.17) is 10.6 Å². The van der Waals surface area contributed by atoms with Crippen LogP contribution >= 0.6 is 0 Å². The average Bonchev–Trinajstić information content (AvgIpc) is 2.47. The molecule has 0 amide bonds. The van der Waals surface area contributed by atoms with Crippen molar-refractivity contribution < 1.29 is 9.13 Å². The van der Waals surface area contributed by atoms with Gasteiger partial charge in [-0.15, -0.1) is 0 Å². The summed E-state index contributed by atoms with van der Waals surface area (Å²) in [5, 5.41) is 0. The SMILES string of the molecule is CCCCCCCCC(NN)c1ccc(OC)cc1F. The van der Waals surface area contributed by atoms with E-state index in [1.54, 1.807) is 12.1 Å². The Kier molecular flexibility index (Phi) is 8.23. The van der Waals surface area contributed by atoms with Crippen molar-refractivity contribution >= 4 is 0 Å². The summed E-state index contributed by atoms with van der Waals surface area (Å²) in [5.41, 5.74) is 3.33. The Hall–Kier alpha value is -1.13. The predicted octanol–water partition coefficient (Wildman–Crippen LogP) is 4.09. The van der Waals surface area contributed by atoms with E-state index in [9.17, 15) is 4.39 Å². The number of ether oxygens (including phenoxy) is 1. The van der Waals surface area contributed by atoms with Gasteiger partial charge < -0.3 is 4.74 Å². The first-order valence-electron chi connectivity index (χ1n) is 7.52. The number of hydrazine groups is 1. The van der Waals surface area contributed by atoms with Gasteiger partial charge in [0.1, 0.15) is 11.6 Å². The van der Waals surface area contributed by atoms with E-state index in [1.165, 1.54) is 45.3 Å². The second-order valence-electron chi connectivity index (χ2n) is 5.16. The monoisotopic (exact) mass is 282 g/mol. The van der Waals surface area contributed by atoms with Crippen LogP contribution in [-0.2, 0) is 0 Å². The van der Waals surface area contributed by atoms with Crippen molar-refractivity contribution in [2.45, 2.75) is 57.9 Å². The minimum Gasteiger partial charge on any atom is -0.497 e. The molecule has 0 heterocycles. The molecule has 0 saturated heterocycles. The standard InChI is InChI=1S/C16H27FN2O/c1-3-4-5-6-7-8-9-16(19-18)14-11-10-13(20-2)12-15(14)17/h10-12,16,19H,3-9,18H2,1-2H3. The maximum atomic E-state index is 14.0. The molecule has 0 spiro atoms. The molecule has 1 atom stereocenters. The lowest BCUT2D eigenvalue weighted by atomic mass is 9.99. The zero-order valence-electron chi connectivity index (χ0n) is 12.6. The summed E-state index contributed by atoms with van der Waals surface area (Å²) in [4.78, 5) is 0. The molecule has 1 unspecified atom stereocenters. The molecule has 3 nitrogen and oxygen atoms in total. The number of nitrogens with two attached hydrogens (primary N) is 1. The number of halogens is 1. The Morgan fingerprint density at radius 2 is 1.90 bits per heavy atom. The van der Waals surface area contributed by atoms with Gasteiger partial charge in [0.05, 0.1) is 7.11 Å². The number of unbranched alkanes of at least 4 members (excludes halogenated alkanes) is 5. The van der Waals surface area contributed by atoms with Crippen LogP contribution in [0.3, 0.4) is 0 Å². The average molecular weight is 282 g/mol. The lowest BCUT2D eigenvalue weighted by Crippen LogP contribution is -2.28. The highest BCUT2D eigenvalue weighted by Gasteiger charge is 2.14. The van der Waals surface area contributed by atoms with Crippen molar-refractivity contribution in [1.82, 2.24) is 5.43 Å². The third kappa shape index (κ3) is 5.47. The predicted molar refractivity (Wildman–Crippen MR) is 81.0 cm³/mol. The zero-order valence-corrected chi connectivity index (χ0v) is 12.6. The molecule has 0 radical (unpaired) electrons. The van der Waals surface area contributed by atoms with Gasteiger partial charge in [0, 0.05) is 17.7 Å². The normalized spacial score (nSPS) is 12.4. The van der Waals surface area contributed by atoms with Gasteiger partial charge >= 0.3 is 0 Å². The molecular formula is C16H27FN2O. The summed E-state index contributed by atoms with van der Waals surface area (Å²) in [7, 11) is 1.53. The second kappa shape index (κ2) is 9.72. The van der Waals surface area contributed by atoms with Crippen LogP contribution in [0.2, 0.25) is 0 Å². The molecule has 0 saturated carbocycles. The third-order valence-electron chi connectivity index (χ3n) is 3.63. The number of benzene rings is 1. The smallest absolute Gasteiger partial charge is 0.131 e. The van der Waals surface area contributed by atoms with Gasteiger partial charge in [-0.3, -0.25) is 11.3 Å².